The van der Waals surface area contributed by atoms with Crippen LogP contribution in [0.3, 0.4) is 0 Å². The first-order valence-corrected chi connectivity index (χ1v) is 18.3. The molecule has 0 unspecified atom stereocenters. The van der Waals surface area contributed by atoms with Crippen molar-refractivity contribution in [2.24, 2.45) is 0 Å². The van der Waals surface area contributed by atoms with Gasteiger partial charge in [0.1, 0.15) is 50.2 Å². The van der Waals surface area contributed by atoms with Crippen molar-refractivity contribution in [1.29, 1.82) is 0 Å². The Bertz CT molecular complexity index is 2360. The largest absolute Gasteiger partial charge is 2.00 e. The van der Waals surface area contributed by atoms with Gasteiger partial charge < -0.3 is 69.3 Å². The van der Waals surface area contributed by atoms with E-state index in [-0.39, 0.29) is 43.7 Å². The van der Waals surface area contributed by atoms with Gasteiger partial charge >= 0.3 is 16.8 Å². The van der Waals surface area contributed by atoms with Crippen LogP contribution in [0.15, 0.2) is 97.1 Å². The molecule has 1 radical (unpaired) electrons. The van der Waals surface area contributed by atoms with E-state index >= 15 is 0 Å². The molecular weight excluding hydrogens is 843 g/mol. The van der Waals surface area contributed by atoms with Crippen molar-refractivity contribution in [1.82, 2.24) is 48.0 Å². The number of aliphatic hydroxyl groups is 4. The third-order valence-corrected chi connectivity index (χ3v) is 9.69. The van der Waals surface area contributed by atoms with E-state index in [2.05, 4.69) is 9.80 Å². The number of aliphatic hydroxyl groups excluding tert-OH is 4. The van der Waals surface area contributed by atoms with Crippen LogP contribution in [-0.2, 0) is 69.9 Å². The second kappa shape index (κ2) is 21.1. The van der Waals surface area contributed by atoms with E-state index in [4.69, 9.17) is 50.6 Å². The zero-order valence-corrected chi connectivity index (χ0v) is 33.3. The maximum Gasteiger partial charge on any atom is 2.00 e. The summed E-state index contributed by atoms with van der Waals surface area (Å²) in [5.74, 6) is 2.80. The average molecular weight is 884 g/mol. The Balaban J connectivity index is 0.000000722. The molecule has 0 amide bonds. The van der Waals surface area contributed by atoms with Crippen LogP contribution in [0.1, 0.15) is 23.3 Å². The topological polar surface area (TPSA) is 291 Å². The van der Waals surface area contributed by atoms with Gasteiger partial charge in [0.2, 0.25) is 0 Å². The molecule has 0 saturated heterocycles. The fourth-order valence-corrected chi connectivity index (χ4v) is 7.13. The SMILES string of the molecule is O=[N+]([O-])[O-].O=[N+]([O-])[O-].OCn1c(CN(CCN(Cc2nc3ccccc3n2CO)Cc2nc3ccccc3n2CO)Cc2nc3ccccc3n2CO)nc2ccccc21.[Co+2]. The number of fused-ring (bicyclic) bond motifs is 4. The molecule has 22 nitrogen and oxygen atoms in total. The van der Waals surface area contributed by atoms with Gasteiger partial charge in [-0.25, -0.2) is 19.9 Å². The third-order valence-electron chi connectivity index (χ3n) is 9.69. The first kappa shape index (κ1) is 45.5. The van der Waals surface area contributed by atoms with E-state index in [1.165, 1.54) is 0 Å². The molecule has 0 spiro atoms. The Kier molecular flexibility index (Phi) is 15.7. The average Bonchev–Trinajstić information content (AvgIpc) is 3.97. The molecule has 4 aromatic heterocycles. The third kappa shape index (κ3) is 10.8. The number of para-hydroxylation sites is 8. The summed E-state index contributed by atoms with van der Waals surface area (Å²) in [6.45, 7) is 1.73. The summed E-state index contributed by atoms with van der Waals surface area (Å²) < 4.78 is 7.23. The number of nitrogens with zero attached hydrogens (tertiary/aromatic N) is 12. The molecule has 0 bridgehead atoms. The Morgan fingerprint density at radius 2 is 0.623 bits per heavy atom. The molecule has 0 aliphatic carbocycles. The van der Waals surface area contributed by atoms with Crippen LogP contribution in [0.2, 0.25) is 0 Å². The van der Waals surface area contributed by atoms with Gasteiger partial charge in [-0.1, -0.05) is 48.5 Å². The van der Waals surface area contributed by atoms with Crippen molar-refractivity contribution in [2.45, 2.75) is 53.1 Å². The predicted molar refractivity (Wildman–Crippen MR) is 217 cm³/mol. The van der Waals surface area contributed by atoms with E-state index in [1.807, 2.05) is 115 Å². The molecule has 0 fully saturated rings. The summed E-state index contributed by atoms with van der Waals surface area (Å²) in [7, 11) is 0. The predicted octanol–water partition coefficient (Wildman–Crippen LogP) is 3.11. The maximum absolute atomic E-state index is 10.4. The van der Waals surface area contributed by atoms with Crippen LogP contribution in [0.5, 0.6) is 0 Å². The van der Waals surface area contributed by atoms with Crippen molar-refractivity contribution >= 4 is 44.1 Å². The molecule has 0 aliphatic heterocycles. The minimum atomic E-state index is -1.75. The van der Waals surface area contributed by atoms with Crippen LogP contribution < -0.4 is 0 Å². The van der Waals surface area contributed by atoms with Gasteiger partial charge in [0.05, 0.1) is 80.5 Å². The Morgan fingerprint density at radius 1 is 0.426 bits per heavy atom. The van der Waals surface area contributed by atoms with E-state index in [9.17, 15) is 20.4 Å². The summed E-state index contributed by atoms with van der Waals surface area (Å²) in [5.41, 5.74) is 6.54. The van der Waals surface area contributed by atoms with E-state index in [1.54, 1.807) is 0 Å². The van der Waals surface area contributed by atoms with E-state index in [0.717, 1.165) is 44.1 Å². The Labute approximate surface area is 355 Å². The molecule has 4 heterocycles. The molecule has 0 atom stereocenters. The molecule has 61 heavy (non-hydrogen) atoms. The van der Waals surface area contributed by atoms with Crippen LogP contribution >= 0.6 is 0 Å². The molecule has 8 aromatic rings. The fraction of sp³-hybridized carbons (Fsp3) is 0.263. The van der Waals surface area contributed by atoms with Crippen molar-refractivity contribution in [3.05, 3.63) is 151 Å². The van der Waals surface area contributed by atoms with E-state index in [0.29, 0.717) is 62.6 Å². The normalized spacial score (nSPS) is 11.2. The number of benzene rings is 4. The first-order valence-electron chi connectivity index (χ1n) is 18.3. The first-order chi connectivity index (χ1) is 29.0. The summed E-state index contributed by atoms with van der Waals surface area (Å²) in [4.78, 5) is 40.5. The monoisotopic (exact) mass is 883 g/mol. The van der Waals surface area contributed by atoms with Gasteiger partial charge in [-0.05, 0) is 48.5 Å². The van der Waals surface area contributed by atoms with Crippen LogP contribution in [-0.4, -0.2) is 91.7 Å². The zero-order valence-electron chi connectivity index (χ0n) is 32.2. The number of imidazole rings is 4. The number of aromatic nitrogens is 8. The minimum Gasteiger partial charge on any atom is -0.376 e. The summed E-state index contributed by atoms with van der Waals surface area (Å²) in [6.07, 6.45) is 0. The van der Waals surface area contributed by atoms with Gasteiger partial charge in [-0.15, -0.1) is 0 Å². The van der Waals surface area contributed by atoms with Gasteiger partial charge in [-0.3, -0.25) is 9.80 Å². The number of hydrogen-bond acceptors (Lipinski definition) is 16. The molecule has 0 aliphatic rings. The van der Waals surface area contributed by atoms with Gasteiger partial charge in [0.25, 0.3) is 0 Å². The van der Waals surface area contributed by atoms with Crippen molar-refractivity contribution in [3.8, 4) is 0 Å². The molecule has 4 aromatic carbocycles. The molecule has 23 heteroatoms. The van der Waals surface area contributed by atoms with E-state index < -0.39 is 10.2 Å². The fourth-order valence-electron chi connectivity index (χ4n) is 7.13. The van der Waals surface area contributed by atoms with Crippen LogP contribution in [0.4, 0.5) is 0 Å². The van der Waals surface area contributed by atoms with Crippen LogP contribution in [0.25, 0.3) is 44.1 Å². The van der Waals surface area contributed by atoms with Gasteiger partial charge in [-0.2, -0.15) is 0 Å². The Hall–Kier alpha value is -6.57. The minimum absolute atomic E-state index is 0. The van der Waals surface area contributed by atoms with Gasteiger partial charge in [0, 0.05) is 13.1 Å². The molecule has 321 valence electrons. The smallest absolute Gasteiger partial charge is 0.376 e. The second-order valence-electron chi connectivity index (χ2n) is 13.2. The molecule has 4 N–H and O–H groups in total. The zero-order chi connectivity index (χ0) is 42.8. The van der Waals surface area contributed by atoms with Crippen molar-refractivity contribution < 1.29 is 47.4 Å². The summed E-state index contributed by atoms with van der Waals surface area (Å²) in [5, 5.41) is 71.3. The Morgan fingerprint density at radius 3 is 0.820 bits per heavy atom. The summed E-state index contributed by atoms with van der Waals surface area (Å²) in [6, 6.07) is 30.9. The molecule has 0 saturated carbocycles. The summed E-state index contributed by atoms with van der Waals surface area (Å²) >= 11 is 0. The van der Waals surface area contributed by atoms with Crippen LogP contribution in [0, 0.1) is 30.6 Å². The van der Waals surface area contributed by atoms with Crippen molar-refractivity contribution in [2.75, 3.05) is 13.1 Å². The quantitative estimate of drug-likeness (QED) is 0.0850. The standard InChI is InChI=1S/C38H40N10O4.Co.2NO3/c49-23-45-31-13-5-1-9-27(31)39-35(45)19-43(20-36-40-28-10-2-6-14-32(28)46(36)24-50)17-18-44(21-37-41-29-11-3-7-15-33(29)47(37)25-51)22-38-42-30-12-4-8-16-34(30)48(38)26-52;;2*2-1(3)4/h1-16,49-52H,17-26H2;;;/q;+2;2*-1. The number of hydrogen-bond donors (Lipinski definition) is 4. The second-order valence-corrected chi connectivity index (χ2v) is 13.2. The molecule has 8 rings (SSSR count). The molecular formula is C38H40CoN12O10. The number of rotatable bonds is 15. The van der Waals surface area contributed by atoms with Gasteiger partial charge in [0.15, 0.2) is 0 Å². The van der Waals surface area contributed by atoms with Crippen molar-refractivity contribution in [3.63, 3.8) is 0 Å². The maximum atomic E-state index is 10.4.